The summed E-state index contributed by atoms with van der Waals surface area (Å²) < 4.78 is 41.8. The Hall–Kier alpha value is -2.61. The number of halogens is 4. The minimum atomic E-state index is -4.66. The number of carbonyl (C=O) groups is 1. The van der Waals surface area contributed by atoms with E-state index in [0.29, 0.717) is 21.6 Å². The molecule has 1 fully saturated rings. The van der Waals surface area contributed by atoms with Gasteiger partial charge in [0.05, 0.1) is 5.69 Å². The minimum Gasteiger partial charge on any atom is -0.335 e. The maximum absolute atomic E-state index is 13.7. The average Bonchev–Trinajstić information content (AvgIpc) is 3.11. The van der Waals surface area contributed by atoms with Crippen LogP contribution in [-0.2, 0) is 6.18 Å². The molecule has 0 aliphatic carbocycles. The highest BCUT2D eigenvalue weighted by Gasteiger charge is 2.36. The molecule has 5 nitrogen and oxygen atoms in total. The number of aromatic nitrogens is 3. The third kappa shape index (κ3) is 3.81. The Bertz CT molecular complexity index is 1060. The molecular weight excluding hydrogens is 405 g/mol. The monoisotopic (exact) mass is 422 g/mol. The van der Waals surface area contributed by atoms with Crippen molar-refractivity contribution in [3.8, 4) is 11.3 Å². The van der Waals surface area contributed by atoms with E-state index >= 15 is 0 Å². The quantitative estimate of drug-likeness (QED) is 0.578. The van der Waals surface area contributed by atoms with Crippen LogP contribution in [0.4, 0.5) is 13.2 Å². The van der Waals surface area contributed by atoms with Crippen molar-refractivity contribution < 1.29 is 18.0 Å². The Morgan fingerprint density at radius 3 is 2.55 bits per heavy atom. The highest BCUT2D eigenvalue weighted by atomic mass is 35.5. The van der Waals surface area contributed by atoms with Crippen LogP contribution in [0.2, 0.25) is 5.02 Å². The number of benzene rings is 1. The topological polar surface area (TPSA) is 50.5 Å². The molecule has 1 aromatic carbocycles. The molecular formula is C20H18ClF3N4O. The molecule has 4 rings (SSSR count). The van der Waals surface area contributed by atoms with E-state index in [4.69, 9.17) is 11.6 Å². The summed E-state index contributed by atoms with van der Waals surface area (Å²) in [7, 11) is 0. The van der Waals surface area contributed by atoms with Crippen LogP contribution < -0.4 is 0 Å². The molecule has 0 bridgehead atoms. The highest BCUT2D eigenvalue weighted by molar-refractivity contribution is 6.30. The third-order valence-corrected chi connectivity index (χ3v) is 5.39. The molecule has 0 saturated carbocycles. The van der Waals surface area contributed by atoms with E-state index in [1.165, 1.54) is 6.07 Å². The second-order valence-electron chi connectivity index (χ2n) is 7.17. The molecule has 1 aliphatic heterocycles. The van der Waals surface area contributed by atoms with Gasteiger partial charge in [-0.25, -0.2) is 9.50 Å². The minimum absolute atomic E-state index is 0.0285. The van der Waals surface area contributed by atoms with Gasteiger partial charge in [-0.2, -0.15) is 18.3 Å². The molecule has 2 aromatic heterocycles. The summed E-state index contributed by atoms with van der Waals surface area (Å²) in [6.07, 6.45) is -1.89. The highest BCUT2D eigenvalue weighted by Crippen LogP contribution is 2.33. The standard InChI is InChI=1S/C20H18ClF3N4O/c1-12-4-2-3-9-27(12)19(29)16-11-18-25-15(13-5-7-14(21)8-6-13)10-17(20(22,23)24)28(18)26-16/h5-8,10-12H,2-4,9H2,1H3. The molecule has 3 heterocycles. The van der Waals surface area contributed by atoms with Crippen LogP contribution in [0, 0.1) is 0 Å². The SMILES string of the molecule is CC1CCCCN1C(=O)c1cc2nc(-c3ccc(Cl)cc3)cc(C(F)(F)F)n2n1. The molecule has 3 aromatic rings. The first kappa shape index (κ1) is 19.7. The average molecular weight is 423 g/mol. The molecule has 1 saturated heterocycles. The smallest absolute Gasteiger partial charge is 0.335 e. The molecule has 1 aliphatic rings. The number of rotatable bonds is 2. The molecule has 29 heavy (non-hydrogen) atoms. The van der Waals surface area contributed by atoms with Crippen LogP contribution >= 0.6 is 11.6 Å². The molecule has 0 spiro atoms. The Kier molecular flexibility index (Phi) is 4.98. The van der Waals surface area contributed by atoms with E-state index in [9.17, 15) is 18.0 Å². The van der Waals surface area contributed by atoms with E-state index in [-0.39, 0.29) is 29.0 Å². The van der Waals surface area contributed by atoms with Crippen LogP contribution in [0.15, 0.2) is 36.4 Å². The predicted octanol–water partition coefficient (Wildman–Crippen LogP) is 5.08. The van der Waals surface area contributed by atoms with Gasteiger partial charge in [0, 0.05) is 29.2 Å². The zero-order valence-electron chi connectivity index (χ0n) is 15.6. The Morgan fingerprint density at radius 2 is 1.90 bits per heavy atom. The lowest BCUT2D eigenvalue weighted by atomic mass is 10.0. The Labute approximate surface area is 170 Å². The fourth-order valence-corrected chi connectivity index (χ4v) is 3.72. The Morgan fingerprint density at radius 1 is 1.17 bits per heavy atom. The van der Waals surface area contributed by atoms with Crippen molar-refractivity contribution in [2.24, 2.45) is 0 Å². The van der Waals surface area contributed by atoms with Gasteiger partial charge in [0.25, 0.3) is 5.91 Å². The van der Waals surface area contributed by atoms with E-state index in [1.54, 1.807) is 29.2 Å². The van der Waals surface area contributed by atoms with Gasteiger partial charge in [0.1, 0.15) is 0 Å². The van der Waals surface area contributed by atoms with Crippen molar-refractivity contribution in [1.82, 2.24) is 19.5 Å². The first-order valence-electron chi connectivity index (χ1n) is 9.29. The number of fused-ring (bicyclic) bond motifs is 1. The number of piperidine rings is 1. The maximum atomic E-state index is 13.7. The summed E-state index contributed by atoms with van der Waals surface area (Å²) in [5.74, 6) is -0.371. The molecule has 9 heteroatoms. The number of likely N-dealkylation sites (tertiary alicyclic amines) is 1. The van der Waals surface area contributed by atoms with Gasteiger partial charge in [0.2, 0.25) is 0 Å². The summed E-state index contributed by atoms with van der Waals surface area (Å²) in [5, 5.41) is 4.43. The van der Waals surface area contributed by atoms with Crippen molar-refractivity contribution in [1.29, 1.82) is 0 Å². The fourth-order valence-electron chi connectivity index (χ4n) is 3.60. The van der Waals surface area contributed by atoms with Gasteiger partial charge in [0.15, 0.2) is 17.0 Å². The van der Waals surface area contributed by atoms with E-state index < -0.39 is 11.9 Å². The molecule has 1 atom stereocenters. The van der Waals surface area contributed by atoms with Crippen molar-refractivity contribution >= 4 is 23.2 Å². The zero-order valence-corrected chi connectivity index (χ0v) is 16.3. The van der Waals surface area contributed by atoms with E-state index in [0.717, 1.165) is 25.3 Å². The number of carbonyl (C=O) groups excluding carboxylic acids is 1. The van der Waals surface area contributed by atoms with Crippen LogP contribution in [0.1, 0.15) is 42.4 Å². The number of hydrogen-bond acceptors (Lipinski definition) is 3. The maximum Gasteiger partial charge on any atom is 0.433 e. The van der Waals surface area contributed by atoms with Gasteiger partial charge in [-0.05, 0) is 44.4 Å². The lowest BCUT2D eigenvalue weighted by molar-refractivity contribution is -0.142. The van der Waals surface area contributed by atoms with Gasteiger partial charge in [-0.15, -0.1) is 0 Å². The van der Waals surface area contributed by atoms with Gasteiger partial charge >= 0.3 is 6.18 Å². The second-order valence-corrected chi connectivity index (χ2v) is 7.61. The van der Waals surface area contributed by atoms with Gasteiger partial charge in [-0.3, -0.25) is 4.79 Å². The van der Waals surface area contributed by atoms with Gasteiger partial charge < -0.3 is 4.90 Å². The number of nitrogens with zero attached hydrogens (tertiary/aromatic N) is 4. The summed E-state index contributed by atoms with van der Waals surface area (Å²) in [6.45, 7) is 2.51. The van der Waals surface area contributed by atoms with Crippen molar-refractivity contribution in [2.75, 3.05) is 6.54 Å². The number of hydrogen-bond donors (Lipinski definition) is 0. The van der Waals surface area contributed by atoms with E-state index in [1.807, 2.05) is 6.92 Å². The third-order valence-electron chi connectivity index (χ3n) is 5.14. The summed E-state index contributed by atoms with van der Waals surface area (Å²) in [6, 6.07) is 8.64. The predicted molar refractivity (Wildman–Crippen MR) is 103 cm³/mol. The largest absolute Gasteiger partial charge is 0.433 e. The lowest BCUT2D eigenvalue weighted by Gasteiger charge is -2.32. The van der Waals surface area contributed by atoms with Gasteiger partial charge in [-0.1, -0.05) is 23.7 Å². The van der Waals surface area contributed by atoms with Crippen LogP contribution in [0.5, 0.6) is 0 Å². The molecule has 0 radical (unpaired) electrons. The van der Waals surface area contributed by atoms with Crippen molar-refractivity contribution in [3.05, 3.63) is 52.8 Å². The normalized spacial score (nSPS) is 17.7. The summed E-state index contributed by atoms with van der Waals surface area (Å²) in [4.78, 5) is 18.8. The van der Waals surface area contributed by atoms with Crippen molar-refractivity contribution in [3.63, 3.8) is 0 Å². The number of amides is 1. The first-order chi connectivity index (χ1) is 13.7. The van der Waals surface area contributed by atoms with Crippen LogP contribution in [0.3, 0.4) is 0 Å². The zero-order chi connectivity index (χ0) is 20.8. The lowest BCUT2D eigenvalue weighted by Crippen LogP contribution is -2.42. The molecule has 1 unspecified atom stereocenters. The van der Waals surface area contributed by atoms with Crippen LogP contribution in [-0.4, -0.2) is 38.0 Å². The Balaban J connectivity index is 1.82. The summed E-state index contributed by atoms with van der Waals surface area (Å²) in [5.41, 5.74) is -0.436. The molecule has 152 valence electrons. The first-order valence-corrected chi connectivity index (χ1v) is 9.67. The van der Waals surface area contributed by atoms with Crippen LogP contribution in [0.25, 0.3) is 16.9 Å². The number of alkyl halides is 3. The second kappa shape index (κ2) is 7.33. The summed E-state index contributed by atoms with van der Waals surface area (Å²) >= 11 is 5.87. The molecule has 1 amide bonds. The van der Waals surface area contributed by atoms with Crippen molar-refractivity contribution in [2.45, 2.75) is 38.4 Å². The van der Waals surface area contributed by atoms with E-state index in [2.05, 4.69) is 10.1 Å². The molecule has 0 N–H and O–H groups in total. The fraction of sp³-hybridized carbons (Fsp3) is 0.350.